The average molecular weight is 362 g/mol. The molecule has 0 heterocycles. The number of likely N-dealkylation sites (N-methyl/N-ethyl adjacent to an activating group) is 2. The van der Waals surface area contributed by atoms with Gasteiger partial charge < -0.3 is 29.6 Å². The third-order valence-electron chi connectivity index (χ3n) is 3.08. The van der Waals surface area contributed by atoms with Crippen LogP contribution in [0.2, 0.25) is 0 Å². The quantitative estimate of drug-likeness (QED) is 0.254. The molecule has 0 bridgehead atoms. The van der Waals surface area contributed by atoms with Gasteiger partial charge in [-0.05, 0) is 40.0 Å². The first-order valence-electron chi connectivity index (χ1n) is 8.10. The molecule has 0 aromatic rings. The van der Waals surface area contributed by atoms with Crippen LogP contribution in [-0.2, 0) is 9.59 Å². The Balaban J connectivity index is -0.000000154. The summed E-state index contributed by atoms with van der Waals surface area (Å²) in [4.78, 5) is 23.7. The van der Waals surface area contributed by atoms with E-state index in [0.717, 1.165) is 38.8 Å². The van der Waals surface area contributed by atoms with Gasteiger partial charge in [0.2, 0.25) is 0 Å². The molecule has 0 aliphatic carbocycles. The van der Waals surface area contributed by atoms with Crippen LogP contribution < -0.4 is 69.3 Å². The maximum absolute atomic E-state index is 10.1. The summed E-state index contributed by atoms with van der Waals surface area (Å²) in [5, 5.41) is 20.2. The molecular formula is C16H32N2Na2O4. The summed E-state index contributed by atoms with van der Waals surface area (Å²) >= 11 is 0. The monoisotopic (exact) mass is 362 g/mol. The van der Waals surface area contributed by atoms with E-state index in [1.807, 2.05) is 0 Å². The largest absolute Gasteiger partial charge is 1.00 e. The summed E-state index contributed by atoms with van der Waals surface area (Å²) in [5.41, 5.74) is 0. The molecule has 0 aliphatic rings. The number of nitrogens with zero attached hydrogens (tertiary/aromatic N) is 2. The molecule has 0 aromatic heterocycles. The molecule has 0 aromatic carbocycles. The number of rotatable bonds is 12. The van der Waals surface area contributed by atoms with E-state index in [-0.39, 0.29) is 72.2 Å². The summed E-state index contributed by atoms with van der Waals surface area (Å²) in [6, 6.07) is 0. The Hall–Kier alpha value is 0.860. The molecule has 0 amide bonds. The zero-order valence-electron chi connectivity index (χ0n) is 16.6. The Kier molecular flexibility index (Phi) is 32.3. The minimum Gasteiger partial charge on any atom is -0.549 e. The van der Waals surface area contributed by atoms with Crippen LogP contribution >= 0.6 is 0 Å². The number of carboxylic acid groups (broad SMARTS) is 2. The number of aliphatic carboxylic acids is 2. The van der Waals surface area contributed by atoms with E-state index in [4.69, 9.17) is 0 Å². The molecule has 0 unspecified atom stereocenters. The van der Waals surface area contributed by atoms with Crippen molar-refractivity contribution in [2.75, 3.05) is 40.3 Å². The van der Waals surface area contributed by atoms with E-state index < -0.39 is 11.9 Å². The topological polar surface area (TPSA) is 86.7 Å². The van der Waals surface area contributed by atoms with Gasteiger partial charge in [-0.25, -0.2) is 0 Å². The van der Waals surface area contributed by atoms with Crippen molar-refractivity contribution in [3.05, 3.63) is 0 Å². The first kappa shape index (κ1) is 32.5. The number of carbonyl (C=O) groups is 2. The van der Waals surface area contributed by atoms with Gasteiger partial charge >= 0.3 is 59.1 Å². The third-order valence-corrected chi connectivity index (χ3v) is 3.08. The van der Waals surface area contributed by atoms with Crippen molar-refractivity contribution in [3.8, 4) is 0 Å². The molecule has 0 atom stereocenters. The minimum atomic E-state index is -0.996. The van der Waals surface area contributed by atoms with Crippen LogP contribution in [0.25, 0.3) is 0 Å². The van der Waals surface area contributed by atoms with Crippen LogP contribution in [0.3, 0.4) is 0 Å². The Labute approximate surface area is 191 Å². The molecule has 0 spiro atoms. The maximum atomic E-state index is 10.1. The van der Waals surface area contributed by atoms with E-state index in [1.165, 1.54) is 12.8 Å². The number of hydrogen-bond acceptors (Lipinski definition) is 6. The fourth-order valence-electron chi connectivity index (χ4n) is 1.86. The van der Waals surface area contributed by atoms with Crippen molar-refractivity contribution >= 4 is 11.9 Å². The molecule has 132 valence electrons. The molecule has 0 saturated carbocycles. The van der Waals surface area contributed by atoms with Crippen LogP contribution in [-0.4, -0.2) is 62.0 Å². The predicted octanol–water partition coefficient (Wildman–Crippen LogP) is -6.28. The van der Waals surface area contributed by atoms with Crippen LogP contribution in [0, 0.1) is 0 Å². The molecule has 0 N–H and O–H groups in total. The van der Waals surface area contributed by atoms with E-state index in [9.17, 15) is 19.8 Å². The SMILES string of the molecule is CCCCCN(C)CC(=O)[O-].CCCCCN(C)CC(=O)[O-].[Na+].[Na+]. The predicted molar refractivity (Wildman–Crippen MR) is 84.1 cm³/mol. The first-order chi connectivity index (χ1) is 10.3. The van der Waals surface area contributed by atoms with Gasteiger partial charge in [0.25, 0.3) is 0 Å². The molecule has 24 heavy (non-hydrogen) atoms. The van der Waals surface area contributed by atoms with E-state index in [2.05, 4.69) is 13.8 Å². The van der Waals surface area contributed by atoms with E-state index in [0.29, 0.717) is 0 Å². The van der Waals surface area contributed by atoms with Gasteiger partial charge in [-0.2, -0.15) is 0 Å². The molecule has 0 aliphatic heterocycles. The normalized spacial score (nSPS) is 9.58. The van der Waals surface area contributed by atoms with Gasteiger partial charge in [0, 0.05) is 13.1 Å². The summed E-state index contributed by atoms with van der Waals surface area (Å²) in [5.74, 6) is -1.99. The smallest absolute Gasteiger partial charge is 0.549 e. The summed E-state index contributed by atoms with van der Waals surface area (Å²) in [6.45, 7) is 6.04. The average Bonchev–Trinajstić information content (AvgIpc) is 2.38. The van der Waals surface area contributed by atoms with Crippen molar-refractivity contribution in [1.82, 2.24) is 9.80 Å². The molecule has 0 saturated heterocycles. The number of unbranched alkanes of at least 4 members (excludes halogenated alkanes) is 4. The van der Waals surface area contributed by atoms with Crippen molar-refractivity contribution in [1.29, 1.82) is 0 Å². The minimum absolute atomic E-state index is 0. The van der Waals surface area contributed by atoms with Crippen molar-refractivity contribution in [2.45, 2.75) is 52.4 Å². The standard InChI is InChI=1S/2C8H17NO2.2Na/c2*1-3-4-5-6-9(2)7-8(10)11;;/h2*3-7H2,1-2H3,(H,10,11);;/q;;2*+1/p-2. The first-order valence-corrected chi connectivity index (χ1v) is 8.10. The Morgan fingerprint density at radius 1 is 0.708 bits per heavy atom. The molecule has 0 fully saturated rings. The van der Waals surface area contributed by atoms with Crippen molar-refractivity contribution in [2.24, 2.45) is 0 Å². The summed E-state index contributed by atoms with van der Waals surface area (Å²) in [6.07, 6.45) is 6.80. The van der Waals surface area contributed by atoms with E-state index in [1.54, 1.807) is 23.9 Å². The number of hydrogen-bond donors (Lipinski definition) is 0. The molecule has 0 rings (SSSR count). The number of carbonyl (C=O) groups excluding carboxylic acids is 2. The van der Waals surface area contributed by atoms with Crippen LogP contribution in [0.4, 0.5) is 0 Å². The zero-order valence-corrected chi connectivity index (χ0v) is 20.6. The van der Waals surface area contributed by atoms with Gasteiger partial charge in [-0.15, -0.1) is 0 Å². The van der Waals surface area contributed by atoms with Gasteiger partial charge in [0.1, 0.15) is 0 Å². The molecule has 0 radical (unpaired) electrons. The Morgan fingerprint density at radius 3 is 1.21 bits per heavy atom. The Morgan fingerprint density at radius 2 is 1.00 bits per heavy atom. The van der Waals surface area contributed by atoms with Crippen molar-refractivity contribution in [3.63, 3.8) is 0 Å². The summed E-state index contributed by atoms with van der Waals surface area (Å²) in [7, 11) is 3.59. The second kappa shape index (κ2) is 23.9. The zero-order chi connectivity index (χ0) is 17.4. The second-order valence-corrected chi connectivity index (χ2v) is 5.63. The van der Waals surface area contributed by atoms with Gasteiger partial charge in [-0.3, -0.25) is 0 Å². The molecule has 8 heteroatoms. The summed E-state index contributed by atoms with van der Waals surface area (Å²) < 4.78 is 0. The van der Waals surface area contributed by atoms with Crippen molar-refractivity contribution < 1.29 is 78.9 Å². The van der Waals surface area contributed by atoms with Gasteiger partial charge in [0.05, 0.1) is 11.9 Å². The fourth-order valence-corrected chi connectivity index (χ4v) is 1.86. The van der Waals surface area contributed by atoms with Crippen LogP contribution in [0.5, 0.6) is 0 Å². The maximum Gasteiger partial charge on any atom is 1.00 e. The second-order valence-electron chi connectivity index (χ2n) is 5.63. The van der Waals surface area contributed by atoms with E-state index >= 15 is 0 Å². The van der Waals surface area contributed by atoms with Gasteiger partial charge in [0.15, 0.2) is 0 Å². The molecule has 6 nitrogen and oxygen atoms in total. The van der Waals surface area contributed by atoms with Gasteiger partial charge in [-0.1, -0.05) is 39.5 Å². The third kappa shape index (κ3) is 30.7. The molecular weight excluding hydrogens is 330 g/mol. The van der Waals surface area contributed by atoms with Crippen LogP contribution in [0.15, 0.2) is 0 Å². The fraction of sp³-hybridized carbons (Fsp3) is 0.875. The number of carboxylic acids is 2. The Bertz CT molecular complexity index is 267. The van der Waals surface area contributed by atoms with Crippen LogP contribution in [0.1, 0.15) is 52.4 Å².